The summed E-state index contributed by atoms with van der Waals surface area (Å²) >= 11 is 0. The number of carbonyl (C=O) groups is 2. The number of benzene rings is 1. The molecule has 0 saturated carbocycles. The van der Waals surface area contributed by atoms with E-state index in [9.17, 15) is 9.59 Å². The topological polar surface area (TPSA) is 59.1 Å². The monoisotopic (exact) mass is 330 g/mol. The van der Waals surface area contributed by atoms with E-state index in [1.807, 2.05) is 4.90 Å². The smallest absolute Gasteiger partial charge is 0.254 e. The van der Waals surface area contributed by atoms with E-state index in [1.165, 1.54) is 6.42 Å². The molecule has 0 aliphatic carbocycles. The van der Waals surface area contributed by atoms with Crippen LogP contribution in [0.4, 0.5) is 0 Å². The van der Waals surface area contributed by atoms with Gasteiger partial charge in [0.05, 0.1) is 0 Å². The molecule has 4 rings (SSSR count). The Bertz CT molecular complexity index is 654. The minimum Gasteiger partial charge on any atom is -0.454 e. The van der Waals surface area contributed by atoms with Gasteiger partial charge in [0.1, 0.15) is 6.04 Å². The number of amides is 2. The molecule has 3 aliphatic heterocycles. The largest absolute Gasteiger partial charge is 0.454 e. The van der Waals surface area contributed by atoms with Crippen LogP contribution in [0.5, 0.6) is 11.5 Å². The molecule has 0 spiro atoms. The lowest BCUT2D eigenvalue weighted by molar-refractivity contribution is -0.136. The second-order valence-corrected chi connectivity index (χ2v) is 6.61. The van der Waals surface area contributed by atoms with E-state index < -0.39 is 0 Å². The van der Waals surface area contributed by atoms with Crippen LogP contribution in [0.1, 0.15) is 42.5 Å². The second-order valence-electron chi connectivity index (χ2n) is 6.61. The molecule has 0 N–H and O–H groups in total. The summed E-state index contributed by atoms with van der Waals surface area (Å²) in [6.07, 6.45) is 4.95. The van der Waals surface area contributed by atoms with Crippen molar-refractivity contribution >= 4 is 11.8 Å². The first-order valence-corrected chi connectivity index (χ1v) is 8.73. The van der Waals surface area contributed by atoms with Crippen LogP contribution in [0.25, 0.3) is 0 Å². The van der Waals surface area contributed by atoms with Crippen molar-refractivity contribution in [3.63, 3.8) is 0 Å². The third-order valence-corrected chi connectivity index (χ3v) is 5.09. The fourth-order valence-corrected chi connectivity index (χ4v) is 3.79. The molecule has 2 saturated heterocycles. The van der Waals surface area contributed by atoms with Gasteiger partial charge in [-0.2, -0.15) is 0 Å². The zero-order valence-electron chi connectivity index (χ0n) is 13.7. The van der Waals surface area contributed by atoms with Gasteiger partial charge in [0.25, 0.3) is 5.91 Å². The first-order valence-electron chi connectivity index (χ1n) is 8.73. The number of fused-ring (bicyclic) bond motifs is 1. The van der Waals surface area contributed by atoms with Crippen LogP contribution in [-0.4, -0.2) is 54.1 Å². The van der Waals surface area contributed by atoms with Gasteiger partial charge in [-0.05, 0) is 50.3 Å². The maximum atomic E-state index is 12.9. The van der Waals surface area contributed by atoms with E-state index in [4.69, 9.17) is 9.47 Å². The molecule has 128 valence electrons. The van der Waals surface area contributed by atoms with Crippen molar-refractivity contribution in [1.29, 1.82) is 0 Å². The minimum atomic E-state index is -0.318. The number of carbonyl (C=O) groups excluding carboxylic acids is 2. The predicted octanol–water partition coefficient (Wildman–Crippen LogP) is 2.03. The maximum absolute atomic E-state index is 12.9. The van der Waals surface area contributed by atoms with E-state index in [2.05, 4.69) is 0 Å². The molecular formula is C18H22N2O4. The Morgan fingerprint density at radius 1 is 0.958 bits per heavy atom. The zero-order chi connectivity index (χ0) is 16.5. The van der Waals surface area contributed by atoms with Gasteiger partial charge in [-0.25, -0.2) is 0 Å². The van der Waals surface area contributed by atoms with Crippen molar-refractivity contribution in [2.75, 3.05) is 26.4 Å². The van der Waals surface area contributed by atoms with Crippen LogP contribution >= 0.6 is 0 Å². The zero-order valence-corrected chi connectivity index (χ0v) is 13.7. The van der Waals surface area contributed by atoms with Gasteiger partial charge in [0, 0.05) is 25.2 Å². The summed E-state index contributed by atoms with van der Waals surface area (Å²) in [5, 5.41) is 0. The number of nitrogens with zero attached hydrogens (tertiary/aromatic N) is 2. The van der Waals surface area contributed by atoms with Crippen molar-refractivity contribution in [1.82, 2.24) is 9.80 Å². The third kappa shape index (κ3) is 2.70. The highest BCUT2D eigenvalue weighted by molar-refractivity contribution is 5.98. The summed E-state index contributed by atoms with van der Waals surface area (Å²) in [4.78, 5) is 29.4. The number of ether oxygens (including phenoxy) is 2. The van der Waals surface area contributed by atoms with Crippen LogP contribution in [0.15, 0.2) is 18.2 Å². The number of piperidine rings is 1. The number of likely N-dealkylation sites (tertiary alicyclic amines) is 2. The molecule has 3 heterocycles. The van der Waals surface area contributed by atoms with Gasteiger partial charge in [-0.1, -0.05) is 0 Å². The Hall–Kier alpha value is -2.24. The Labute approximate surface area is 141 Å². The first kappa shape index (κ1) is 15.3. The fourth-order valence-electron chi connectivity index (χ4n) is 3.79. The highest BCUT2D eigenvalue weighted by Crippen LogP contribution is 2.33. The highest BCUT2D eigenvalue weighted by Gasteiger charge is 2.37. The second kappa shape index (κ2) is 6.34. The van der Waals surface area contributed by atoms with Crippen LogP contribution in [0.2, 0.25) is 0 Å². The SMILES string of the molecule is O=C(C1CCCN1C(=O)c1ccc2c(c1)OCO2)N1CCCCC1. The lowest BCUT2D eigenvalue weighted by atomic mass is 10.1. The van der Waals surface area contributed by atoms with E-state index in [0.29, 0.717) is 23.6 Å². The number of hydrogen-bond acceptors (Lipinski definition) is 4. The summed E-state index contributed by atoms with van der Waals surface area (Å²) < 4.78 is 10.6. The molecule has 3 aliphatic rings. The average Bonchev–Trinajstić information content (AvgIpc) is 3.29. The molecular weight excluding hydrogens is 308 g/mol. The summed E-state index contributed by atoms with van der Waals surface area (Å²) in [5.74, 6) is 1.27. The molecule has 24 heavy (non-hydrogen) atoms. The van der Waals surface area contributed by atoms with Crippen LogP contribution in [0, 0.1) is 0 Å². The van der Waals surface area contributed by atoms with E-state index >= 15 is 0 Å². The van der Waals surface area contributed by atoms with E-state index in [1.54, 1.807) is 23.1 Å². The number of hydrogen-bond donors (Lipinski definition) is 0. The molecule has 1 aromatic rings. The minimum absolute atomic E-state index is 0.0961. The molecule has 6 heteroatoms. The molecule has 1 aromatic carbocycles. The molecule has 0 aromatic heterocycles. The van der Waals surface area contributed by atoms with E-state index in [0.717, 1.165) is 38.8 Å². The molecule has 0 bridgehead atoms. The van der Waals surface area contributed by atoms with Gasteiger partial charge in [-0.15, -0.1) is 0 Å². The molecule has 2 fully saturated rings. The van der Waals surface area contributed by atoms with Crippen molar-refractivity contribution < 1.29 is 19.1 Å². The van der Waals surface area contributed by atoms with E-state index in [-0.39, 0.29) is 24.6 Å². The number of rotatable bonds is 2. The van der Waals surface area contributed by atoms with Gasteiger partial charge >= 0.3 is 0 Å². The first-order chi connectivity index (χ1) is 11.7. The highest BCUT2D eigenvalue weighted by atomic mass is 16.7. The lowest BCUT2D eigenvalue weighted by Gasteiger charge is -2.32. The third-order valence-electron chi connectivity index (χ3n) is 5.09. The lowest BCUT2D eigenvalue weighted by Crippen LogP contribution is -2.49. The van der Waals surface area contributed by atoms with Gasteiger partial charge in [-0.3, -0.25) is 9.59 Å². The van der Waals surface area contributed by atoms with Crippen molar-refractivity contribution in [3.05, 3.63) is 23.8 Å². The van der Waals surface area contributed by atoms with Crippen molar-refractivity contribution in [2.24, 2.45) is 0 Å². The Balaban J connectivity index is 1.51. The molecule has 2 amide bonds. The van der Waals surface area contributed by atoms with Gasteiger partial charge in [0.2, 0.25) is 12.7 Å². The standard InChI is InChI=1S/C18H22N2O4/c21-17(13-6-7-15-16(11-13)24-12-23-15)20-10-4-5-14(20)18(22)19-8-2-1-3-9-19/h6-7,11,14H,1-5,8-10,12H2. The summed E-state index contributed by atoms with van der Waals surface area (Å²) in [7, 11) is 0. The fraction of sp³-hybridized carbons (Fsp3) is 0.556. The maximum Gasteiger partial charge on any atom is 0.254 e. The van der Waals surface area contributed by atoms with Crippen molar-refractivity contribution in [2.45, 2.75) is 38.1 Å². The van der Waals surface area contributed by atoms with Crippen molar-refractivity contribution in [3.8, 4) is 11.5 Å². The Morgan fingerprint density at radius 2 is 1.75 bits per heavy atom. The van der Waals surface area contributed by atoms with Crippen LogP contribution in [-0.2, 0) is 4.79 Å². The quantitative estimate of drug-likeness (QED) is 0.832. The van der Waals surface area contributed by atoms with Crippen LogP contribution < -0.4 is 9.47 Å². The normalized spacial score (nSPS) is 22.8. The summed E-state index contributed by atoms with van der Waals surface area (Å²) in [6.45, 7) is 2.47. The van der Waals surface area contributed by atoms with Gasteiger partial charge < -0.3 is 19.3 Å². The van der Waals surface area contributed by atoms with Gasteiger partial charge in [0.15, 0.2) is 11.5 Å². The molecule has 0 radical (unpaired) electrons. The predicted molar refractivity (Wildman–Crippen MR) is 87.1 cm³/mol. The average molecular weight is 330 g/mol. The Kier molecular flexibility index (Phi) is 4.04. The summed E-state index contributed by atoms with van der Waals surface area (Å²) in [5.41, 5.74) is 0.553. The summed E-state index contributed by atoms with van der Waals surface area (Å²) in [6, 6.07) is 4.90. The molecule has 1 unspecified atom stereocenters. The van der Waals surface area contributed by atoms with Crippen LogP contribution in [0.3, 0.4) is 0 Å². The molecule has 1 atom stereocenters. The Morgan fingerprint density at radius 3 is 2.58 bits per heavy atom. The molecule has 6 nitrogen and oxygen atoms in total.